The van der Waals surface area contributed by atoms with Crippen molar-refractivity contribution in [3.05, 3.63) is 22.3 Å². The molecule has 2 amide bonds. The quantitative estimate of drug-likeness (QED) is 0.179. The van der Waals surface area contributed by atoms with Crippen LogP contribution in [0.1, 0.15) is 5.69 Å². The number of rotatable bonds is 6. The topological polar surface area (TPSA) is 211 Å². The molecule has 1 unspecified atom stereocenters. The van der Waals surface area contributed by atoms with Crippen molar-refractivity contribution in [3.63, 3.8) is 0 Å². The van der Waals surface area contributed by atoms with Gasteiger partial charge in [-0.2, -0.15) is 13.2 Å². The van der Waals surface area contributed by atoms with Crippen molar-refractivity contribution in [2.24, 2.45) is 10.9 Å². The van der Waals surface area contributed by atoms with Crippen LogP contribution < -0.4 is 16.8 Å². The highest BCUT2D eigenvalue weighted by Gasteiger charge is 2.54. The Kier molecular flexibility index (Phi) is 8.46. The SMILES string of the molecule is CO/N=C(\C(=O)NC1C(=O)N2C(C(=O)O)=C(CN)CS[C@H]12)c1csc(N)n1.O=C(O)C(F)(F)F. The molecule has 3 heterocycles. The smallest absolute Gasteiger partial charge is 0.477 e. The molecule has 2 atom stereocenters. The van der Waals surface area contributed by atoms with Gasteiger partial charge in [-0.1, -0.05) is 5.16 Å². The zero-order valence-corrected chi connectivity index (χ0v) is 18.7. The predicted octanol–water partition coefficient (Wildman–Crippen LogP) is -0.594. The number of carboxylic acid groups (broad SMARTS) is 2. The van der Waals surface area contributed by atoms with Crippen LogP contribution in [-0.4, -0.2) is 86.6 Å². The van der Waals surface area contributed by atoms with E-state index in [4.69, 9.17) is 21.4 Å². The van der Waals surface area contributed by atoms with Crippen LogP contribution >= 0.6 is 23.1 Å². The normalized spacial score (nSPS) is 20.0. The molecule has 34 heavy (non-hydrogen) atoms. The number of nitrogen functional groups attached to an aromatic ring is 1. The predicted molar refractivity (Wildman–Crippen MR) is 113 cm³/mol. The van der Waals surface area contributed by atoms with Crippen molar-refractivity contribution in [2.75, 3.05) is 25.1 Å². The van der Waals surface area contributed by atoms with Crippen LogP contribution in [0.15, 0.2) is 21.8 Å². The number of aromatic nitrogens is 1. The highest BCUT2D eigenvalue weighted by Crippen LogP contribution is 2.40. The van der Waals surface area contributed by atoms with Gasteiger partial charge in [0.05, 0.1) is 0 Å². The highest BCUT2D eigenvalue weighted by atomic mass is 32.2. The molecule has 0 aliphatic carbocycles. The maximum atomic E-state index is 12.6. The summed E-state index contributed by atoms with van der Waals surface area (Å²) in [6.07, 6.45) is -5.08. The van der Waals surface area contributed by atoms with Crippen LogP contribution in [0, 0.1) is 0 Å². The van der Waals surface area contributed by atoms with E-state index in [1.54, 1.807) is 0 Å². The van der Waals surface area contributed by atoms with Gasteiger partial charge >= 0.3 is 18.1 Å². The summed E-state index contributed by atoms with van der Waals surface area (Å²) in [5.41, 5.74) is 11.6. The molecule has 0 aromatic carbocycles. The highest BCUT2D eigenvalue weighted by molar-refractivity contribution is 8.00. The van der Waals surface area contributed by atoms with Crippen molar-refractivity contribution >= 4 is 57.7 Å². The molecule has 1 saturated heterocycles. The Labute approximate surface area is 196 Å². The van der Waals surface area contributed by atoms with E-state index in [2.05, 4.69) is 20.3 Å². The van der Waals surface area contributed by atoms with E-state index in [0.717, 1.165) is 16.2 Å². The molecule has 13 nitrogen and oxygen atoms in total. The van der Waals surface area contributed by atoms with Gasteiger partial charge in [0.25, 0.3) is 11.8 Å². The molecule has 3 rings (SSSR count). The summed E-state index contributed by atoms with van der Waals surface area (Å²) in [5.74, 6) is -4.82. The standard InChI is InChI=1S/C14H16N6O5S2.C2HF3O2/c1-25-19-7(6-4-27-14(16)17-6)10(21)18-8-11(22)20-9(13(23)24)5(2-15)3-26-12(8)20;3-2(4,5)1(6)7/h4,8,12H,2-3,15H2,1H3,(H2,16,17)(H,18,21)(H,23,24);(H,6,7)/b19-7-;/t8?,12-;/m1./s1. The summed E-state index contributed by atoms with van der Waals surface area (Å²) in [4.78, 5) is 55.3. The van der Waals surface area contributed by atoms with E-state index in [9.17, 15) is 32.7 Å². The number of alkyl halides is 3. The number of carboxylic acids is 2. The number of oxime groups is 1. The molecular formula is C16H17F3N6O7S2. The van der Waals surface area contributed by atoms with Gasteiger partial charge in [0.15, 0.2) is 10.8 Å². The third kappa shape index (κ3) is 5.75. The maximum absolute atomic E-state index is 12.6. The first-order valence-electron chi connectivity index (χ1n) is 8.87. The summed E-state index contributed by atoms with van der Waals surface area (Å²) >= 11 is 2.46. The number of nitrogens with zero attached hydrogens (tertiary/aromatic N) is 3. The van der Waals surface area contributed by atoms with E-state index in [1.165, 1.54) is 24.3 Å². The maximum Gasteiger partial charge on any atom is 0.490 e. The molecule has 186 valence electrons. The molecule has 2 aliphatic heterocycles. The Bertz CT molecular complexity index is 1060. The molecule has 1 aromatic heterocycles. The van der Waals surface area contributed by atoms with Gasteiger partial charge in [0, 0.05) is 17.7 Å². The van der Waals surface area contributed by atoms with Crippen molar-refractivity contribution in [2.45, 2.75) is 17.6 Å². The van der Waals surface area contributed by atoms with Crippen LogP contribution in [-0.2, 0) is 24.0 Å². The summed E-state index contributed by atoms with van der Waals surface area (Å²) in [5, 5.41) is 24.0. The molecule has 0 spiro atoms. The average Bonchev–Trinajstić information content (AvgIpc) is 3.19. The molecule has 0 bridgehead atoms. The van der Waals surface area contributed by atoms with Crippen LogP contribution in [0.4, 0.5) is 18.3 Å². The fourth-order valence-corrected chi connectivity index (χ4v) is 4.65. The monoisotopic (exact) mass is 526 g/mol. The first-order valence-corrected chi connectivity index (χ1v) is 10.8. The Morgan fingerprint density at radius 2 is 2.00 bits per heavy atom. The second-order valence-electron chi connectivity index (χ2n) is 6.32. The van der Waals surface area contributed by atoms with Crippen molar-refractivity contribution < 1.29 is 47.4 Å². The van der Waals surface area contributed by atoms with Crippen molar-refractivity contribution in [1.82, 2.24) is 15.2 Å². The number of thiazole rings is 1. The van der Waals surface area contributed by atoms with Gasteiger partial charge in [0.2, 0.25) is 0 Å². The number of carbonyl (C=O) groups excluding carboxylic acids is 2. The van der Waals surface area contributed by atoms with Crippen molar-refractivity contribution in [1.29, 1.82) is 0 Å². The van der Waals surface area contributed by atoms with Gasteiger partial charge in [-0.15, -0.1) is 23.1 Å². The number of anilines is 1. The number of hydrogen-bond donors (Lipinski definition) is 5. The number of aliphatic carboxylic acids is 2. The van der Waals surface area contributed by atoms with Crippen molar-refractivity contribution in [3.8, 4) is 0 Å². The first-order chi connectivity index (χ1) is 15.8. The Morgan fingerprint density at radius 3 is 2.44 bits per heavy atom. The minimum Gasteiger partial charge on any atom is -0.477 e. The lowest BCUT2D eigenvalue weighted by atomic mass is 10.0. The number of nitrogens with two attached hydrogens (primary N) is 2. The third-order valence-electron chi connectivity index (χ3n) is 4.19. The van der Waals surface area contributed by atoms with Crippen LogP contribution in [0.3, 0.4) is 0 Å². The number of hydrogen-bond acceptors (Lipinski definition) is 11. The summed E-state index contributed by atoms with van der Waals surface area (Å²) in [7, 11) is 1.27. The van der Waals surface area contributed by atoms with E-state index in [-0.39, 0.29) is 28.8 Å². The molecule has 0 saturated carbocycles. The Balaban J connectivity index is 0.000000509. The molecule has 18 heteroatoms. The fourth-order valence-electron chi connectivity index (χ4n) is 2.74. The fraction of sp³-hybridized carbons (Fsp3) is 0.375. The molecule has 1 fully saturated rings. The van der Waals surface area contributed by atoms with E-state index < -0.39 is 41.3 Å². The summed E-state index contributed by atoms with van der Waals surface area (Å²) in [6, 6.07) is -0.894. The zero-order valence-electron chi connectivity index (χ0n) is 17.0. The average molecular weight is 526 g/mol. The lowest BCUT2D eigenvalue weighted by Crippen LogP contribution is -2.71. The second kappa shape index (κ2) is 10.7. The van der Waals surface area contributed by atoms with E-state index in [1.807, 2.05) is 0 Å². The third-order valence-corrected chi connectivity index (χ3v) is 6.20. The molecule has 7 N–H and O–H groups in total. The van der Waals surface area contributed by atoms with Gasteiger partial charge < -0.3 is 31.8 Å². The number of amides is 2. The largest absolute Gasteiger partial charge is 0.490 e. The number of nitrogens with one attached hydrogen (secondary N) is 1. The van der Waals surface area contributed by atoms with Gasteiger partial charge in [0.1, 0.15) is 29.9 Å². The number of carbonyl (C=O) groups is 4. The number of thioether (sulfide) groups is 1. The molecule has 0 radical (unpaired) electrons. The number of fused-ring (bicyclic) bond motifs is 1. The summed E-state index contributed by atoms with van der Waals surface area (Å²) in [6.45, 7) is 0.0397. The zero-order chi connectivity index (χ0) is 25.8. The molecular weight excluding hydrogens is 509 g/mol. The van der Waals surface area contributed by atoms with Crippen LogP contribution in [0.25, 0.3) is 0 Å². The minimum atomic E-state index is -5.08. The minimum absolute atomic E-state index is 0.0397. The van der Waals surface area contributed by atoms with Gasteiger partial charge in [-0.05, 0) is 5.57 Å². The van der Waals surface area contributed by atoms with Gasteiger partial charge in [-0.25, -0.2) is 14.6 Å². The Morgan fingerprint density at radius 1 is 1.38 bits per heavy atom. The second-order valence-corrected chi connectivity index (χ2v) is 8.31. The van der Waals surface area contributed by atoms with E-state index >= 15 is 0 Å². The summed E-state index contributed by atoms with van der Waals surface area (Å²) < 4.78 is 31.7. The number of β-lactam (4-membered cyclic amide) rings is 1. The van der Waals surface area contributed by atoms with Gasteiger partial charge in [-0.3, -0.25) is 14.5 Å². The van der Waals surface area contributed by atoms with E-state index in [0.29, 0.717) is 11.3 Å². The molecule has 1 aromatic rings. The first kappa shape index (κ1) is 26.9. The lowest BCUT2D eigenvalue weighted by molar-refractivity contribution is -0.192. The lowest BCUT2D eigenvalue weighted by Gasteiger charge is -2.49. The number of halogens is 3. The molecule has 2 aliphatic rings. The Hall–Kier alpha value is -3.38. The van der Waals surface area contributed by atoms with Crippen LogP contribution in [0.5, 0.6) is 0 Å². The van der Waals surface area contributed by atoms with Crippen LogP contribution in [0.2, 0.25) is 0 Å².